The van der Waals surface area contributed by atoms with E-state index in [0.29, 0.717) is 5.92 Å². The summed E-state index contributed by atoms with van der Waals surface area (Å²) in [4.78, 5) is 4.01. The fraction of sp³-hybridized carbons (Fsp3) is 0.444. The highest BCUT2D eigenvalue weighted by atomic mass is 35.5. The Kier molecular flexibility index (Phi) is 5.86. The molecule has 0 aliphatic rings. The molecule has 0 aliphatic carbocycles. The molecule has 1 heterocycles. The molecule has 0 N–H and O–H groups in total. The van der Waals surface area contributed by atoms with Gasteiger partial charge in [-0.1, -0.05) is 19.9 Å². The van der Waals surface area contributed by atoms with E-state index >= 15 is 0 Å². The standard InChI is InChI=1S/C8H11N.CH3Cl/c1-7(2)8-4-3-5-9-6-8;1-2/h3-7H,1-2H3;1H3. The number of hydrogen-bond donors (Lipinski definition) is 0. The molecule has 0 spiro atoms. The molecule has 0 amide bonds. The molecule has 11 heavy (non-hydrogen) atoms. The van der Waals surface area contributed by atoms with Crippen LogP contribution in [-0.2, 0) is 0 Å². The molecule has 0 aliphatic heterocycles. The molecule has 0 aromatic carbocycles. The minimum Gasteiger partial charge on any atom is -0.264 e. The molecule has 1 rings (SSSR count). The third kappa shape index (κ3) is 3.99. The summed E-state index contributed by atoms with van der Waals surface area (Å²) in [6.07, 6.45) is 5.18. The van der Waals surface area contributed by atoms with Crippen molar-refractivity contribution in [3.63, 3.8) is 0 Å². The number of nitrogens with zero attached hydrogens (tertiary/aromatic N) is 1. The van der Waals surface area contributed by atoms with Crippen molar-refractivity contribution in [3.8, 4) is 0 Å². The Bertz CT molecular complexity index is 172. The third-order valence-corrected chi connectivity index (χ3v) is 1.35. The van der Waals surface area contributed by atoms with Crippen LogP contribution in [0.3, 0.4) is 0 Å². The van der Waals surface area contributed by atoms with Gasteiger partial charge < -0.3 is 0 Å². The Balaban J connectivity index is 0.000000461. The quantitative estimate of drug-likeness (QED) is 0.592. The van der Waals surface area contributed by atoms with Crippen LogP contribution in [0, 0.1) is 0 Å². The van der Waals surface area contributed by atoms with Crippen molar-refractivity contribution in [2.75, 3.05) is 6.38 Å². The Morgan fingerprint density at radius 3 is 2.27 bits per heavy atom. The zero-order valence-electron chi connectivity index (χ0n) is 7.21. The predicted molar refractivity (Wildman–Crippen MR) is 50.1 cm³/mol. The van der Waals surface area contributed by atoms with Gasteiger partial charge in [0, 0.05) is 18.8 Å². The molecule has 2 heteroatoms. The van der Waals surface area contributed by atoms with E-state index in [4.69, 9.17) is 0 Å². The second-order valence-electron chi connectivity index (χ2n) is 2.44. The van der Waals surface area contributed by atoms with Gasteiger partial charge >= 0.3 is 0 Å². The maximum atomic E-state index is 4.64. The first-order chi connectivity index (χ1) is 5.30. The van der Waals surface area contributed by atoms with Crippen LogP contribution in [0.2, 0.25) is 0 Å². The van der Waals surface area contributed by atoms with E-state index < -0.39 is 0 Å². The maximum Gasteiger partial charge on any atom is 0.0302 e. The van der Waals surface area contributed by atoms with Crippen molar-refractivity contribution in [2.24, 2.45) is 0 Å². The van der Waals surface area contributed by atoms with Gasteiger partial charge in [-0.05, 0) is 17.5 Å². The average molecular weight is 172 g/mol. The lowest BCUT2D eigenvalue weighted by Gasteiger charge is -2.00. The lowest BCUT2D eigenvalue weighted by atomic mass is 10.1. The summed E-state index contributed by atoms with van der Waals surface area (Å²) in [5.74, 6) is 0.596. The van der Waals surface area contributed by atoms with Gasteiger partial charge in [0.05, 0.1) is 0 Å². The fourth-order valence-electron chi connectivity index (χ4n) is 0.717. The van der Waals surface area contributed by atoms with E-state index in [0.717, 1.165) is 0 Å². The Hall–Kier alpha value is -0.560. The fourth-order valence-corrected chi connectivity index (χ4v) is 0.717. The Labute approximate surface area is 73.4 Å². The van der Waals surface area contributed by atoms with Crippen LogP contribution in [0.1, 0.15) is 25.3 Å². The molecule has 0 bridgehead atoms. The largest absolute Gasteiger partial charge is 0.264 e. The minimum atomic E-state index is 0.596. The van der Waals surface area contributed by atoms with Gasteiger partial charge in [-0.3, -0.25) is 4.98 Å². The van der Waals surface area contributed by atoms with Crippen molar-refractivity contribution in [1.82, 2.24) is 4.98 Å². The Morgan fingerprint density at radius 2 is 2.00 bits per heavy atom. The second-order valence-corrected chi connectivity index (χ2v) is 2.44. The minimum absolute atomic E-state index is 0.596. The van der Waals surface area contributed by atoms with E-state index in [1.54, 1.807) is 6.20 Å². The molecule has 0 radical (unpaired) electrons. The Morgan fingerprint density at radius 1 is 1.36 bits per heavy atom. The van der Waals surface area contributed by atoms with Crippen LogP contribution in [0.15, 0.2) is 24.5 Å². The lowest BCUT2D eigenvalue weighted by molar-refractivity contribution is 0.858. The first kappa shape index (κ1) is 10.4. The zero-order valence-corrected chi connectivity index (χ0v) is 7.97. The zero-order chi connectivity index (χ0) is 8.69. The van der Waals surface area contributed by atoms with Crippen LogP contribution < -0.4 is 0 Å². The molecule has 1 aromatic heterocycles. The van der Waals surface area contributed by atoms with E-state index in [9.17, 15) is 0 Å². The summed E-state index contributed by atoms with van der Waals surface area (Å²) in [5, 5.41) is 0. The summed E-state index contributed by atoms with van der Waals surface area (Å²) in [6.45, 7) is 4.33. The van der Waals surface area contributed by atoms with Gasteiger partial charge in [0.1, 0.15) is 0 Å². The monoisotopic (exact) mass is 171 g/mol. The van der Waals surface area contributed by atoms with Gasteiger partial charge in [0.15, 0.2) is 0 Å². The maximum absolute atomic E-state index is 4.64. The van der Waals surface area contributed by atoms with Crippen LogP contribution >= 0.6 is 11.6 Å². The number of alkyl halides is 1. The predicted octanol–water partition coefficient (Wildman–Crippen LogP) is 3.06. The number of aromatic nitrogens is 1. The molecule has 0 atom stereocenters. The SMILES string of the molecule is CC(C)c1cccnc1.CCl. The molecule has 0 saturated carbocycles. The van der Waals surface area contributed by atoms with Crippen molar-refractivity contribution in [1.29, 1.82) is 0 Å². The van der Waals surface area contributed by atoms with Crippen molar-refractivity contribution in [2.45, 2.75) is 19.8 Å². The molecule has 0 saturated heterocycles. The highest BCUT2D eigenvalue weighted by molar-refractivity contribution is 6.15. The first-order valence-electron chi connectivity index (χ1n) is 3.58. The molecule has 1 nitrogen and oxygen atoms in total. The van der Waals surface area contributed by atoms with Crippen LogP contribution in [0.4, 0.5) is 0 Å². The molecule has 0 fully saturated rings. The normalized spacial score (nSPS) is 8.82. The van der Waals surface area contributed by atoms with Crippen LogP contribution in [0.25, 0.3) is 0 Å². The van der Waals surface area contributed by atoms with Gasteiger partial charge in [-0.25, -0.2) is 0 Å². The van der Waals surface area contributed by atoms with Crippen molar-refractivity contribution >= 4 is 11.6 Å². The summed E-state index contributed by atoms with van der Waals surface area (Å²) in [7, 11) is 0. The van der Waals surface area contributed by atoms with Gasteiger partial charge in [-0.15, -0.1) is 11.6 Å². The van der Waals surface area contributed by atoms with E-state index in [1.165, 1.54) is 11.9 Å². The van der Waals surface area contributed by atoms with E-state index in [1.807, 2.05) is 12.3 Å². The van der Waals surface area contributed by atoms with Crippen molar-refractivity contribution in [3.05, 3.63) is 30.1 Å². The highest BCUT2D eigenvalue weighted by Crippen LogP contribution is 2.10. The number of rotatable bonds is 1. The number of halogens is 1. The molecule has 62 valence electrons. The molecular weight excluding hydrogens is 158 g/mol. The van der Waals surface area contributed by atoms with Crippen LogP contribution in [0.5, 0.6) is 0 Å². The lowest BCUT2D eigenvalue weighted by Crippen LogP contribution is -1.85. The van der Waals surface area contributed by atoms with E-state index in [2.05, 4.69) is 36.5 Å². The summed E-state index contributed by atoms with van der Waals surface area (Å²) in [5.41, 5.74) is 1.30. The van der Waals surface area contributed by atoms with Gasteiger partial charge in [0.25, 0.3) is 0 Å². The van der Waals surface area contributed by atoms with Gasteiger partial charge in [0.2, 0.25) is 0 Å². The average Bonchev–Trinajstić information content (AvgIpc) is 2.10. The third-order valence-electron chi connectivity index (χ3n) is 1.35. The summed E-state index contributed by atoms with van der Waals surface area (Å²) in [6, 6.07) is 4.06. The van der Waals surface area contributed by atoms with Crippen molar-refractivity contribution < 1.29 is 0 Å². The molecule has 1 aromatic rings. The van der Waals surface area contributed by atoms with E-state index in [-0.39, 0.29) is 0 Å². The number of hydrogen-bond acceptors (Lipinski definition) is 1. The van der Waals surface area contributed by atoms with Gasteiger partial charge in [-0.2, -0.15) is 0 Å². The smallest absolute Gasteiger partial charge is 0.0302 e. The topological polar surface area (TPSA) is 12.9 Å². The first-order valence-corrected chi connectivity index (χ1v) is 4.34. The number of pyridine rings is 1. The molecular formula is C9H14ClN. The summed E-state index contributed by atoms with van der Waals surface area (Å²) >= 11 is 4.64. The second kappa shape index (κ2) is 6.17. The highest BCUT2D eigenvalue weighted by Gasteiger charge is 1.94. The summed E-state index contributed by atoms with van der Waals surface area (Å²) < 4.78 is 0. The van der Waals surface area contributed by atoms with Crippen LogP contribution in [-0.4, -0.2) is 11.4 Å². The molecule has 0 unspecified atom stereocenters.